The van der Waals surface area contributed by atoms with Gasteiger partial charge in [-0.25, -0.2) is 0 Å². The number of hydrogen-bond acceptors (Lipinski definition) is 2. The Morgan fingerprint density at radius 2 is 2.00 bits per heavy atom. The summed E-state index contributed by atoms with van der Waals surface area (Å²) in [6.07, 6.45) is 0. The summed E-state index contributed by atoms with van der Waals surface area (Å²) in [4.78, 5) is 13.9. The maximum Gasteiger partial charge on any atom is 0.253 e. The van der Waals surface area contributed by atoms with Crippen LogP contribution in [-0.2, 0) is 0 Å². The summed E-state index contributed by atoms with van der Waals surface area (Å²) in [5, 5.41) is 3.23. The summed E-state index contributed by atoms with van der Waals surface area (Å²) in [6.45, 7) is 3.37. The molecule has 0 saturated carbocycles. The third-order valence-electron chi connectivity index (χ3n) is 2.48. The maximum absolute atomic E-state index is 12.0. The van der Waals surface area contributed by atoms with Crippen molar-refractivity contribution >= 4 is 34.2 Å². The highest BCUT2D eigenvalue weighted by molar-refractivity contribution is 9.10. The van der Waals surface area contributed by atoms with Crippen molar-refractivity contribution in [1.82, 2.24) is 10.2 Å². The Kier molecular flexibility index (Phi) is 5.25. The van der Waals surface area contributed by atoms with Gasteiger partial charge >= 0.3 is 0 Å². The molecule has 0 aromatic heterocycles. The number of hydrogen-bond donors (Lipinski definition) is 1. The number of amides is 1. The molecule has 16 heavy (non-hydrogen) atoms. The molecule has 1 fully saturated rings. The van der Waals surface area contributed by atoms with Crippen molar-refractivity contribution in [2.75, 3.05) is 26.2 Å². The highest BCUT2D eigenvalue weighted by Crippen LogP contribution is 2.13. The van der Waals surface area contributed by atoms with E-state index in [2.05, 4.69) is 21.2 Å². The lowest BCUT2D eigenvalue weighted by molar-refractivity contribution is 0.0736. The minimum Gasteiger partial charge on any atom is -0.336 e. The molecule has 1 heterocycles. The highest BCUT2D eigenvalue weighted by Gasteiger charge is 2.17. The molecule has 1 aliphatic rings. The zero-order valence-electron chi connectivity index (χ0n) is 8.78. The van der Waals surface area contributed by atoms with Crippen LogP contribution in [0.4, 0.5) is 0 Å². The van der Waals surface area contributed by atoms with Crippen molar-refractivity contribution in [2.24, 2.45) is 0 Å². The van der Waals surface area contributed by atoms with Gasteiger partial charge in [-0.2, -0.15) is 0 Å². The third kappa shape index (κ3) is 3.20. The average molecular weight is 306 g/mol. The summed E-state index contributed by atoms with van der Waals surface area (Å²) in [6, 6.07) is 7.54. The average Bonchev–Trinajstić information content (AvgIpc) is 2.29. The van der Waals surface area contributed by atoms with E-state index in [4.69, 9.17) is 0 Å². The van der Waals surface area contributed by atoms with E-state index in [-0.39, 0.29) is 18.3 Å². The Bertz CT molecular complexity index is 367. The van der Waals surface area contributed by atoms with Gasteiger partial charge in [0.2, 0.25) is 0 Å². The van der Waals surface area contributed by atoms with Gasteiger partial charge in [-0.1, -0.05) is 22.0 Å². The van der Waals surface area contributed by atoms with Crippen molar-refractivity contribution in [3.8, 4) is 0 Å². The first-order valence-corrected chi connectivity index (χ1v) is 5.82. The van der Waals surface area contributed by atoms with Crippen LogP contribution in [-0.4, -0.2) is 37.0 Å². The quantitative estimate of drug-likeness (QED) is 0.860. The normalized spacial score (nSPS) is 15.4. The molecular weight excluding hydrogens is 291 g/mol. The van der Waals surface area contributed by atoms with Crippen LogP contribution in [0.1, 0.15) is 10.4 Å². The second-order valence-electron chi connectivity index (χ2n) is 3.55. The van der Waals surface area contributed by atoms with Crippen LogP contribution < -0.4 is 5.32 Å². The van der Waals surface area contributed by atoms with Gasteiger partial charge in [-0.15, -0.1) is 12.4 Å². The monoisotopic (exact) mass is 304 g/mol. The van der Waals surface area contributed by atoms with Gasteiger partial charge in [0.15, 0.2) is 0 Å². The molecule has 1 aromatic rings. The first-order chi connectivity index (χ1) is 7.27. The number of rotatable bonds is 1. The van der Waals surface area contributed by atoms with Gasteiger partial charge in [0.25, 0.3) is 5.91 Å². The number of nitrogens with zero attached hydrogens (tertiary/aromatic N) is 1. The Labute approximate surface area is 110 Å². The van der Waals surface area contributed by atoms with Crippen molar-refractivity contribution in [2.45, 2.75) is 0 Å². The van der Waals surface area contributed by atoms with Crippen LogP contribution in [0.15, 0.2) is 28.7 Å². The van der Waals surface area contributed by atoms with E-state index in [1.807, 2.05) is 29.2 Å². The van der Waals surface area contributed by atoms with E-state index < -0.39 is 0 Å². The molecule has 0 unspecified atom stereocenters. The number of piperazine rings is 1. The Balaban J connectivity index is 0.00000128. The van der Waals surface area contributed by atoms with Gasteiger partial charge in [-0.3, -0.25) is 4.79 Å². The fourth-order valence-corrected chi connectivity index (χ4v) is 2.07. The van der Waals surface area contributed by atoms with Crippen LogP contribution in [0.5, 0.6) is 0 Å². The molecule has 2 rings (SSSR count). The van der Waals surface area contributed by atoms with Crippen molar-refractivity contribution in [1.29, 1.82) is 0 Å². The van der Waals surface area contributed by atoms with Crippen LogP contribution in [0.2, 0.25) is 0 Å². The summed E-state index contributed by atoms with van der Waals surface area (Å²) in [7, 11) is 0. The topological polar surface area (TPSA) is 32.3 Å². The molecule has 88 valence electrons. The SMILES string of the molecule is Cl.O=C(c1cccc(Br)c1)N1CCNCC1. The molecule has 1 saturated heterocycles. The van der Waals surface area contributed by atoms with Crippen LogP contribution in [0.25, 0.3) is 0 Å². The fraction of sp³-hybridized carbons (Fsp3) is 0.364. The lowest BCUT2D eigenvalue weighted by Gasteiger charge is -2.27. The molecule has 1 N–H and O–H groups in total. The van der Waals surface area contributed by atoms with Crippen LogP contribution >= 0.6 is 28.3 Å². The van der Waals surface area contributed by atoms with E-state index in [1.165, 1.54) is 0 Å². The standard InChI is InChI=1S/C11H13BrN2O.ClH/c12-10-3-1-2-9(8-10)11(15)14-6-4-13-5-7-14;/h1-3,8,13H,4-7H2;1H. The second kappa shape index (κ2) is 6.23. The molecule has 3 nitrogen and oxygen atoms in total. The van der Waals surface area contributed by atoms with Crippen molar-refractivity contribution < 1.29 is 4.79 Å². The number of carbonyl (C=O) groups excluding carboxylic acids is 1. The molecule has 0 aliphatic carbocycles. The van der Waals surface area contributed by atoms with Crippen LogP contribution in [0.3, 0.4) is 0 Å². The second-order valence-corrected chi connectivity index (χ2v) is 4.47. The van der Waals surface area contributed by atoms with Gasteiger partial charge < -0.3 is 10.2 Å². The maximum atomic E-state index is 12.0. The lowest BCUT2D eigenvalue weighted by atomic mass is 10.2. The van der Waals surface area contributed by atoms with E-state index in [1.54, 1.807) is 0 Å². The van der Waals surface area contributed by atoms with E-state index in [9.17, 15) is 4.79 Å². The van der Waals surface area contributed by atoms with Crippen molar-refractivity contribution in [3.63, 3.8) is 0 Å². The van der Waals surface area contributed by atoms with E-state index in [0.717, 1.165) is 36.2 Å². The molecule has 1 amide bonds. The number of nitrogens with one attached hydrogen (secondary N) is 1. The predicted octanol–water partition coefficient (Wildman–Crippen LogP) is 1.92. The Morgan fingerprint density at radius 3 is 2.62 bits per heavy atom. The minimum absolute atomic E-state index is 0. The minimum atomic E-state index is 0. The molecule has 0 spiro atoms. The van der Waals surface area contributed by atoms with Gasteiger partial charge in [0.1, 0.15) is 0 Å². The Morgan fingerprint density at radius 1 is 1.31 bits per heavy atom. The van der Waals surface area contributed by atoms with Crippen molar-refractivity contribution in [3.05, 3.63) is 34.3 Å². The smallest absolute Gasteiger partial charge is 0.253 e. The number of halogens is 2. The largest absolute Gasteiger partial charge is 0.336 e. The molecule has 0 bridgehead atoms. The summed E-state index contributed by atoms with van der Waals surface area (Å²) in [5.74, 6) is 0.123. The molecule has 1 aromatic carbocycles. The van der Waals surface area contributed by atoms with Crippen LogP contribution in [0, 0.1) is 0 Å². The van der Waals surface area contributed by atoms with Gasteiger partial charge in [-0.05, 0) is 18.2 Å². The summed E-state index contributed by atoms with van der Waals surface area (Å²) >= 11 is 3.37. The zero-order valence-corrected chi connectivity index (χ0v) is 11.2. The third-order valence-corrected chi connectivity index (χ3v) is 2.97. The number of benzene rings is 1. The summed E-state index contributed by atoms with van der Waals surface area (Å²) in [5.41, 5.74) is 0.756. The first-order valence-electron chi connectivity index (χ1n) is 5.03. The van der Waals surface area contributed by atoms with Gasteiger partial charge in [0, 0.05) is 36.2 Å². The van der Waals surface area contributed by atoms with E-state index in [0.29, 0.717) is 0 Å². The molecule has 0 atom stereocenters. The Hall–Kier alpha value is -0.580. The molecule has 1 aliphatic heterocycles. The summed E-state index contributed by atoms with van der Waals surface area (Å²) < 4.78 is 0.948. The fourth-order valence-electron chi connectivity index (χ4n) is 1.67. The van der Waals surface area contributed by atoms with E-state index >= 15 is 0 Å². The highest BCUT2D eigenvalue weighted by atomic mass is 79.9. The molecule has 5 heteroatoms. The number of carbonyl (C=O) groups is 1. The first kappa shape index (κ1) is 13.5. The molecular formula is C11H14BrClN2O. The lowest BCUT2D eigenvalue weighted by Crippen LogP contribution is -2.46. The van der Waals surface area contributed by atoms with Gasteiger partial charge in [0.05, 0.1) is 0 Å². The zero-order chi connectivity index (χ0) is 10.7. The predicted molar refractivity (Wildman–Crippen MR) is 70.2 cm³/mol. The molecule has 0 radical (unpaired) electrons.